The van der Waals surface area contributed by atoms with Gasteiger partial charge in [-0.3, -0.25) is 9.69 Å². The van der Waals surface area contributed by atoms with Crippen molar-refractivity contribution in [3.63, 3.8) is 0 Å². The Bertz CT molecular complexity index is 937. The molecule has 1 aliphatic carbocycles. The smallest absolute Gasteiger partial charge is 0.230 e. The predicted molar refractivity (Wildman–Crippen MR) is 132 cm³/mol. The summed E-state index contributed by atoms with van der Waals surface area (Å²) >= 11 is 0. The molecule has 2 heterocycles. The number of benzene rings is 2. The molecule has 2 aromatic carbocycles. The first-order valence-corrected chi connectivity index (χ1v) is 13.1. The van der Waals surface area contributed by atoms with E-state index in [1.807, 2.05) is 12.1 Å². The molecule has 1 saturated heterocycles. The highest BCUT2D eigenvalue weighted by Crippen LogP contribution is 2.36. The van der Waals surface area contributed by atoms with Crippen LogP contribution in [0.15, 0.2) is 48.5 Å². The Hall–Kier alpha value is -2.20. The van der Waals surface area contributed by atoms with E-state index >= 15 is 0 Å². The summed E-state index contributed by atoms with van der Waals surface area (Å²) in [6.45, 7) is 2.04. The molecular weight excluding hydrogens is 411 g/mol. The minimum Gasteiger partial charge on any atom is -0.308 e. The van der Waals surface area contributed by atoms with Gasteiger partial charge in [0.25, 0.3) is 0 Å². The van der Waals surface area contributed by atoms with Crippen LogP contribution in [-0.2, 0) is 17.6 Å². The van der Waals surface area contributed by atoms with Crippen molar-refractivity contribution in [3.05, 3.63) is 65.5 Å². The SMILES string of the molecule is O=C(C1CCCCC1)N1c2ccccc2CCC1CN1CCCCC1Cc1ccc(F)cc1. The normalized spacial score (nSPS) is 24.5. The summed E-state index contributed by atoms with van der Waals surface area (Å²) in [5, 5.41) is 0. The lowest BCUT2D eigenvalue weighted by atomic mass is 9.86. The highest BCUT2D eigenvalue weighted by molar-refractivity contribution is 5.97. The third-order valence-corrected chi connectivity index (χ3v) is 8.13. The molecule has 2 atom stereocenters. The molecule has 0 N–H and O–H groups in total. The summed E-state index contributed by atoms with van der Waals surface area (Å²) in [5.41, 5.74) is 3.67. The van der Waals surface area contributed by atoms with Crippen molar-refractivity contribution in [2.45, 2.75) is 82.7 Å². The van der Waals surface area contributed by atoms with Crippen molar-refractivity contribution in [3.8, 4) is 0 Å². The van der Waals surface area contributed by atoms with Crippen LogP contribution in [0.5, 0.6) is 0 Å². The molecular formula is C29H37FN2O. The molecule has 2 aromatic rings. The van der Waals surface area contributed by atoms with Gasteiger partial charge in [0.1, 0.15) is 5.82 Å². The number of anilines is 1. The summed E-state index contributed by atoms with van der Waals surface area (Å²) < 4.78 is 13.4. The molecule has 4 heteroatoms. The Morgan fingerprint density at radius 3 is 2.42 bits per heavy atom. The van der Waals surface area contributed by atoms with Gasteiger partial charge in [-0.05, 0) is 80.8 Å². The van der Waals surface area contributed by atoms with Crippen molar-refractivity contribution in [1.82, 2.24) is 4.90 Å². The van der Waals surface area contributed by atoms with Crippen molar-refractivity contribution in [1.29, 1.82) is 0 Å². The largest absolute Gasteiger partial charge is 0.308 e. The molecule has 2 aliphatic heterocycles. The molecule has 0 aromatic heterocycles. The zero-order valence-electron chi connectivity index (χ0n) is 19.7. The summed E-state index contributed by atoms with van der Waals surface area (Å²) in [6, 6.07) is 16.3. The fourth-order valence-corrected chi connectivity index (χ4v) is 6.32. The Kier molecular flexibility index (Phi) is 7.10. The number of para-hydroxylation sites is 1. The van der Waals surface area contributed by atoms with Crippen LogP contribution in [-0.4, -0.2) is 36.0 Å². The highest BCUT2D eigenvalue weighted by Gasteiger charge is 2.37. The van der Waals surface area contributed by atoms with Crippen LogP contribution in [0.4, 0.5) is 10.1 Å². The maximum Gasteiger partial charge on any atom is 0.230 e. The van der Waals surface area contributed by atoms with Crippen LogP contribution in [0.1, 0.15) is 68.9 Å². The maximum absolute atomic E-state index is 13.8. The second-order valence-electron chi connectivity index (χ2n) is 10.3. The molecule has 3 aliphatic rings. The third kappa shape index (κ3) is 5.16. The zero-order valence-corrected chi connectivity index (χ0v) is 19.7. The van der Waals surface area contributed by atoms with Gasteiger partial charge in [-0.25, -0.2) is 4.39 Å². The van der Waals surface area contributed by atoms with E-state index < -0.39 is 0 Å². The van der Waals surface area contributed by atoms with Crippen LogP contribution in [0.2, 0.25) is 0 Å². The number of carbonyl (C=O) groups excluding carboxylic acids is 1. The third-order valence-electron chi connectivity index (χ3n) is 8.13. The standard InChI is InChI=1S/C29H37FN2O/c30-25-16-13-22(14-17-25)20-26-11-6-7-19-31(26)21-27-18-15-23-8-4-5-12-28(23)32(27)29(33)24-9-2-1-3-10-24/h4-5,8,12-14,16-17,24,26-27H,1-3,6-7,9-11,15,18-21H2. The molecule has 2 fully saturated rings. The zero-order chi connectivity index (χ0) is 22.6. The molecule has 33 heavy (non-hydrogen) atoms. The van der Waals surface area contributed by atoms with Gasteiger partial charge >= 0.3 is 0 Å². The molecule has 0 spiro atoms. The van der Waals surface area contributed by atoms with Gasteiger partial charge in [-0.1, -0.05) is 56.0 Å². The van der Waals surface area contributed by atoms with E-state index in [9.17, 15) is 9.18 Å². The Labute approximate surface area is 198 Å². The lowest BCUT2D eigenvalue weighted by Crippen LogP contribution is -2.54. The lowest BCUT2D eigenvalue weighted by Gasteiger charge is -2.44. The number of fused-ring (bicyclic) bond motifs is 1. The van der Waals surface area contributed by atoms with Crippen LogP contribution in [0, 0.1) is 11.7 Å². The molecule has 2 unspecified atom stereocenters. The van der Waals surface area contributed by atoms with Gasteiger partial charge in [-0.15, -0.1) is 0 Å². The topological polar surface area (TPSA) is 23.6 Å². The quantitative estimate of drug-likeness (QED) is 0.548. The summed E-state index contributed by atoms with van der Waals surface area (Å²) in [7, 11) is 0. The monoisotopic (exact) mass is 448 g/mol. The fraction of sp³-hybridized carbons (Fsp3) is 0.552. The first-order chi connectivity index (χ1) is 16.2. The number of amides is 1. The minimum absolute atomic E-state index is 0.169. The van der Waals surface area contributed by atoms with Crippen LogP contribution in [0.3, 0.4) is 0 Å². The fourth-order valence-electron chi connectivity index (χ4n) is 6.32. The van der Waals surface area contributed by atoms with Crippen molar-refractivity contribution in [2.75, 3.05) is 18.0 Å². The second-order valence-corrected chi connectivity index (χ2v) is 10.3. The van der Waals surface area contributed by atoms with E-state index in [2.05, 4.69) is 34.1 Å². The number of likely N-dealkylation sites (tertiary alicyclic amines) is 1. The van der Waals surface area contributed by atoms with E-state index in [1.54, 1.807) is 12.1 Å². The number of piperidine rings is 1. The average molecular weight is 449 g/mol. The Morgan fingerprint density at radius 1 is 0.848 bits per heavy atom. The van der Waals surface area contributed by atoms with Gasteiger partial charge in [0, 0.05) is 30.2 Å². The second kappa shape index (κ2) is 10.4. The Morgan fingerprint density at radius 2 is 1.61 bits per heavy atom. The van der Waals surface area contributed by atoms with E-state index in [-0.39, 0.29) is 17.8 Å². The van der Waals surface area contributed by atoms with Gasteiger partial charge in [0.15, 0.2) is 0 Å². The molecule has 3 nitrogen and oxygen atoms in total. The van der Waals surface area contributed by atoms with Crippen LogP contribution in [0.25, 0.3) is 0 Å². The number of hydrogen-bond donors (Lipinski definition) is 0. The molecule has 0 radical (unpaired) electrons. The molecule has 1 saturated carbocycles. The number of aryl methyl sites for hydroxylation is 1. The highest BCUT2D eigenvalue weighted by atomic mass is 19.1. The van der Waals surface area contributed by atoms with E-state index in [4.69, 9.17) is 0 Å². The Balaban J connectivity index is 1.36. The van der Waals surface area contributed by atoms with E-state index in [0.717, 1.165) is 50.9 Å². The number of nitrogens with zero attached hydrogens (tertiary/aromatic N) is 2. The van der Waals surface area contributed by atoms with E-state index in [0.29, 0.717) is 11.9 Å². The van der Waals surface area contributed by atoms with Gasteiger partial charge in [0.2, 0.25) is 5.91 Å². The molecule has 176 valence electrons. The molecule has 5 rings (SSSR count). The predicted octanol–water partition coefficient (Wildman–Crippen LogP) is 6.15. The summed E-state index contributed by atoms with van der Waals surface area (Å²) in [6.07, 6.45) is 12.4. The number of halogens is 1. The molecule has 1 amide bonds. The summed E-state index contributed by atoms with van der Waals surface area (Å²) in [5.74, 6) is 0.375. The van der Waals surface area contributed by atoms with Crippen LogP contribution >= 0.6 is 0 Å². The van der Waals surface area contributed by atoms with E-state index in [1.165, 1.54) is 49.7 Å². The van der Waals surface area contributed by atoms with Crippen molar-refractivity contribution >= 4 is 11.6 Å². The van der Waals surface area contributed by atoms with Gasteiger partial charge < -0.3 is 4.90 Å². The average Bonchev–Trinajstić information content (AvgIpc) is 2.86. The van der Waals surface area contributed by atoms with Gasteiger partial charge in [0.05, 0.1) is 0 Å². The lowest BCUT2D eigenvalue weighted by molar-refractivity contribution is -0.124. The van der Waals surface area contributed by atoms with Crippen molar-refractivity contribution < 1.29 is 9.18 Å². The number of carbonyl (C=O) groups is 1. The first-order valence-electron chi connectivity index (χ1n) is 13.1. The number of hydrogen-bond acceptors (Lipinski definition) is 2. The van der Waals surface area contributed by atoms with Crippen molar-refractivity contribution in [2.24, 2.45) is 5.92 Å². The molecule has 0 bridgehead atoms. The first kappa shape index (κ1) is 22.6. The maximum atomic E-state index is 13.8. The minimum atomic E-state index is -0.169. The van der Waals surface area contributed by atoms with Gasteiger partial charge in [-0.2, -0.15) is 0 Å². The number of rotatable bonds is 5. The summed E-state index contributed by atoms with van der Waals surface area (Å²) in [4.78, 5) is 18.7. The van der Waals surface area contributed by atoms with Crippen LogP contribution < -0.4 is 4.90 Å².